The summed E-state index contributed by atoms with van der Waals surface area (Å²) in [4.78, 5) is 51.6. The van der Waals surface area contributed by atoms with Gasteiger partial charge in [0.15, 0.2) is 22.8 Å². The number of furan rings is 1. The van der Waals surface area contributed by atoms with Gasteiger partial charge in [-0.25, -0.2) is 8.78 Å². The minimum atomic E-state index is -2.32. The van der Waals surface area contributed by atoms with E-state index in [-0.39, 0.29) is 42.8 Å². The average molecular weight is 577 g/mol. The second-order valence-corrected chi connectivity index (χ2v) is 13.0. The molecule has 3 fully saturated rings. The van der Waals surface area contributed by atoms with Gasteiger partial charge in [-0.2, -0.15) is 0 Å². The number of fused-ring (bicyclic) bond motifs is 5. The topological polar surface area (TPSA) is 111 Å². The second kappa shape index (κ2) is 9.76. The smallest absolute Gasteiger partial charge is 0.306 e. The lowest BCUT2D eigenvalue weighted by Crippen LogP contribution is -2.70. The van der Waals surface area contributed by atoms with E-state index in [1.807, 2.05) is 0 Å². The van der Waals surface area contributed by atoms with Crippen LogP contribution in [0.25, 0.3) is 0 Å². The van der Waals surface area contributed by atoms with Crippen LogP contribution in [0.1, 0.15) is 63.9 Å². The summed E-state index contributed by atoms with van der Waals surface area (Å²) in [5, 5.41) is 11.0. The van der Waals surface area contributed by atoms with E-state index >= 15 is 8.78 Å². The molecular formula is C30H34F2O7S. The largest absolute Gasteiger partial charge is 0.461 e. The van der Waals surface area contributed by atoms with Crippen LogP contribution in [0.2, 0.25) is 0 Å². The lowest BCUT2D eigenvalue weighted by atomic mass is 9.44. The van der Waals surface area contributed by atoms with Crippen LogP contribution in [-0.4, -0.2) is 57.1 Å². The SMILES string of the molecule is CCC(=O)O[C@]1(C(=O)SCC(=O)c2ccco2)[C@H](C)C[C@H]2[C@@H]3C[C@H](F)C4=CC(=O)C=C[C@]4(C)[C@@]3(F)[C@@H](O)C[C@@]21C. The number of hydrogen-bond acceptors (Lipinski definition) is 8. The number of rotatable bonds is 6. The highest BCUT2D eigenvalue weighted by atomic mass is 32.2. The average Bonchev–Trinajstić information content (AvgIpc) is 3.52. The van der Waals surface area contributed by atoms with Crippen LogP contribution in [0.3, 0.4) is 0 Å². The first-order valence-electron chi connectivity index (χ1n) is 13.7. The van der Waals surface area contributed by atoms with Crippen molar-refractivity contribution < 1.29 is 42.2 Å². The number of alkyl halides is 2. The van der Waals surface area contributed by atoms with Crippen LogP contribution < -0.4 is 0 Å². The van der Waals surface area contributed by atoms with Crippen molar-refractivity contribution >= 4 is 34.4 Å². The Hall–Kier alpha value is -2.59. The fraction of sp³-hybridized carbons (Fsp3) is 0.600. The Morgan fingerprint density at radius 2 is 1.95 bits per heavy atom. The Bertz CT molecular complexity index is 1310. The first-order chi connectivity index (χ1) is 18.8. The van der Waals surface area contributed by atoms with Crippen molar-refractivity contribution in [3.63, 3.8) is 0 Å². The lowest BCUT2D eigenvalue weighted by Gasteiger charge is -2.63. The highest BCUT2D eigenvalue weighted by Gasteiger charge is 2.78. The number of ketones is 2. The first kappa shape index (κ1) is 28.9. The molecule has 0 saturated heterocycles. The Kier molecular flexibility index (Phi) is 7.05. The normalized spacial score (nSPS) is 41.9. The molecule has 0 amide bonds. The molecule has 1 aromatic rings. The Labute approximate surface area is 235 Å². The Morgan fingerprint density at radius 1 is 1.23 bits per heavy atom. The number of aliphatic hydroxyl groups excluding tert-OH is 1. The van der Waals surface area contributed by atoms with Crippen molar-refractivity contribution in [3.05, 3.63) is 48.0 Å². The summed E-state index contributed by atoms with van der Waals surface area (Å²) in [5.41, 5.74) is -6.90. The summed E-state index contributed by atoms with van der Waals surface area (Å²) in [6.45, 7) is 6.56. The maximum atomic E-state index is 17.5. The van der Waals surface area contributed by atoms with Crippen LogP contribution in [0.5, 0.6) is 0 Å². The number of esters is 1. The number of carbonyl (C=O) groups is 4. The molecule has 0 radical (unpaired) electrons. The van der Waals surface area contributed by atoms with Crippen LogP contribution >= 0.6 is 11.8 Å². The van der Waals surface area contributed by atoms with Crippen LogP contribution in [0.4, 0.5) is 8.78 Å². The third kappa shape index (κ3) is 3.77. The van der Waals surface area contributed by atoms with Crippen molar-refractivity contribution in [2.75, 3.05) is 5.75 Å². The summed E-state index contributed by atoms with van der Waals surface area (Å²) in [7, 11) is 0. The second-order valence-electron chi connectivity index (χ2n) is 12.0. The van der Waals surface area contributed by atoms with Crippen LogP contribution in [0, 0.1) is 28.6 Å². The zero-order chi connectivity index (χ0) is 29.3. The molecular weight excluding hydrogens is 542 g/mol. The monoisotopic (exact) mass is 576 g/mol. The van der Waals surface area contributed by atoms with Gasteiger partial charge in [0.25, 0.3) is 0 Å². The predicted molar refractivity (Wildman–Crippen MR) is 143 cm³/mol. The molecule has 7 nitrogen and oxygen atoms in total. The lowest BCUT2D eigenvalue weighted by molar-refractivity contribution is -0.228. The van der Waals surface area contributed by atoms with Gasteiger partial charge in [-0.15, -0.1) is 0 Å². The van der Waals surface area contributed by atoms with Crippen LogP contribution in [0.15, 0.2) is 46.6 Å². The van der Waals surface area contributed by atoms with Crippen molar-refractivity contribution in [1.29, 1.82) is 0 Å². The molecule has 0 aliphatic heterocycles. The third-order valence-electron chi connectivity index (χ3n) is 10.2. The van der Waals surface area contributed by atoms with Gasteiger partial charge in [0, 0.05) is 29.1 Å². The molecule has 9 atom stereocenters. The molecule has 216 valence electrons. The molecule has 1 aromatic heterocycles. The maximum absolute atomic E-state index is 17.5. The molecule has 0 unspecified atom stereocenters. The number of thioether (sulfide) groups is 1. The molecule has 10 heteroatoms. The number of carbonyl (C=O) groups excluding carboxylic acids is 4. The maximum Gasteiger partial charge on any atom is 0.306 e. The van der Waals surface area contributed by atoms with Gasteiger partial charge in [-0.1, -0.05) is 38.6 Å². The number of allylic oxidation sites excluding steroid dienone is 4. The predicted octanol–water partition coefficient (Wildman–Crippen LogP) is 4.98. The summed E-state index contributed by atoms with van der Waals surface area (Å²) in [6.07, 6.45) is 1.50. The molecule has 4 aliphatic carbocycles. The zero-order valence-electron chi connectivity index (χ0n) is 22.9. The summed E-state index contributed by atoms with van der Waals surface area (Å²) in [6, 6.07) is 3.05. The van der Waals surface area contributed by atoms with Gasteiger partial charge in [-0.05, 0) is 62.0 Å². The van der Waals surface area contributed by atoms with E-state index in [2.05, 4.69) is 0 Å². The van der Waals surface area contributed by atoms with Gasteiger partial charge in [-0.3, -0.25) is 19.2 Å². The molecule has 3 saturated carbocycles. The fourth-order valence-corrected chi connectivity index (χ4v) is 9.31. The molecule has 40 heavy (non-hydrogen) atoms. The van der Waals surface area contributed by atoms with Gasteiger partial charge >= 0.3 is 5.97 Å². The molecule has 1 heterocycles. The number of Topliss-reactive ketones (excluding diaryl/α,β-unsaturated/α-hetero) is 1. The van der Waals surface area contributed by atoms with Crippen molar-refractivity contribution in [3.8, 4) is 0 Å². The first-order valence-corrected chi connectivity index (χ1v) is 14.7. The molecule has 5 rings (SSSR count). The van der Waals surface area contributed by atoms with E-state index in [9.17, 15) is 24.3 Å². The van der Waals surface area contributed by atoms with Crippen molar-refractivity contribution in [2.24, 2.45) is 28.6 Å². The van der Waals surface area contributed by atoms with E-state index in [1.165, 1.54) is 31.4 Å². The molecule has 0 bridgehead atoms. The molecule has 0 aromatic carbocycles. The number of aliphatic hydroxyl groups is 1. The van der Waals surface area contributed by atoms with Gasteiger partial charge in [0.2, 0.25) is 10.9 Å². The summed E-state index contributed by atoms with van der Waals surface area (Å²) >= 11 is 0.704. The van der Waals surface area contributed by atoms with Crippen LogP contribution in [-0.2, 0) is 19.1 Å². The summed E-state index contributed by atoms with van der Waals surface area (Å²) in [5.74, 6) is -3.91. The number of halogens is 2. The molecule has 0 spiro atoms. The van der Waals surface area contributed by atoms with E-state index in [0.717, 1.165) is 6.08 Å². The molecule has 4 aliphatic rings. The highest BCUT2D eigenvalue weighted by Crippen LogP contribution is 2.72. The third-order valence-corrected chi connectivity index (χ3v) is 11.1. The minimum absolute atomic E-state index is 0.0131. The van der Waals surface area contributed by atoms with Gasteiger partial charge < -0.3 is 14.3 Å². The Morgan fingerprint density at radius 3 is 2.60 bits per heavy atom. The van der Waals surface area contributed by atoms with Gasteiger partial charge in [0.1, 0.15) is 6.17 Å². The van der Waals surface area contributed by atoms with Gasteiger partial charge in [0.05, 0.1) is 18.1 Å². The Balaban J connectivity index is 1.56. The molecule has 1 N–H and O–H groups in total. The number of ether oxygens (including phenoxy) is 1. The van der Waals surface area contributed by atoms with E-state index in [0.29, 0.717) is 11.8 Å². The summed E-state index contributed by atoms with van der Waals surface area (Å²) < 4.78 is 44.4. The van der Waals surface area contributed by atoms with Crippen molar-refractivity contribution in [1.82, 2.24) is 0 Å². The van der Waals surface area contributed by atoms with Crippen molar-refractivity contribution in [2.45, 2.75) is 76.9 Å². The fourth-order valence-electron chi connectivity index (χ4n) is 8.22. The van der Waals surface area contributed by atoms with E-state index < -0.39 is 74.8 Å². The van der Waals surface area contributed by atoms with E-state index in [4.69, 9.17) is 9.15 Å². The standard InChI is InChI=1S/C30H34F2O7S/c1-5-25(36)39-30(26(37)40-15-22(34)23-7-6-10-38-23)16(2)11-18-19-13-21(31)20-12-17(33)8-9-27(20,3)29(19,32)24(35)14-28(18,30)4/h6-10,12,16,18-19,21,24,35H,5,11,13-15H2,1-4H3/t16-,18+,19+,21+,24+,27+,28+,29+,30+/m1/s1. The minimum Gasteiger partial charge on any atom is -0.461 e. The zero-order valence-corrected chi connectivity index (χ0v) is 23.8. The number of hydrogen-bond donors (Lipinski definition) is 1. The quantitative estimate of drug-likeness (QED) is 0.373. The van der Waals surface area contributed by atoms with E-state index in [1.54, 1.807) is 26.8 Å². The highest BCUT2D eigenvalue weighted by molar-refractivity contribution is 8.14.